The topological polar surface area (TPSA) is 26.0 Å². The van der Waals surface area contributed by atoms with E-state index < -0.39 is 20.0 Å². The zero-order valence-electron chi connectivity index (χ0n) is 7.29. The number of alkyl halides is 3. The zero-order chi connectivity index (χ0) is 10.7. The van der Waals surface area contributed by atoms with Gasteiger partial charge in [-0.15, -0.1) is 0 Å². The number of nitrogens with two attached hydrogens (primary N) is 1. The van der Waals surface area contributed by atoms with Gasteiger partial charge in [0.1, 0.15) is 20.0 Å². The van der Waals surface area contributed by atoms with Crippen LogP contribution in [0.3, 0.4) is 0 Å². The Balaban J connectivity index is 3.42. The van der Waals surface area contributed by atoms with E-state index in [0.29, 0.717) is 4.47 Å². The fourth-order valence-electron chi connectivity index (χ4n) is 1.26. The second-order valence-corrected chi connectivity index (χ2v) is 3.64. The van der Waals surface area contributed by atoms with Crippen LogP contribution in [0.4, 0.5) is 18.9 Å². The summed E-state index contributed by atoms with van der Waals surface area (Å²) < 4.78 is 37.9. The third kappa shape index (κ3) is 1.87. The van der Waals surface area contributed by atoms with E-state index in [9.17, 15) is 13.2 Å². The Morgan fingerprint density at radius 1 is 1.07 bits per heavy atom. The number of rotatable bonds is 3. The predicted molar refractivity (Wildman–Crippen MR) is 53.0 cm³/mol. The van der Waals surface area contributed by atoms with Gasteiger partial charge in [0.15, 0.2) is 0 Å². The minimum absolute atomic E-state index is 0.0238. The molecular weight excluding hydrogens is 259 g/mol. The van der Waals surface area contributed by atoms with Crippen LogP contribution in [0.1, 0.15) is 16.7 Å². The molecule has 0 amide bonds. The first-order valence-corrected chi connectivity index (χ1v) is 4.71. The van der Waals surface area contributed by atoms with Crippen LogP contribution in [0.15, 0.2) is 10.5 Å². The molecule has 0 aliphatic carbocycles. The van der Waals surface area contributed by atoms with Crippen molar-refractivity contribution in [3.05, 3.63) is 27.2 Å². The summed E-state index contributed by atoms with van der Waals surface area (Å²) in [5.74, 6) is 0. The summed E-state index contributed by atoms with van der Waals surface area (Å²) in [4.78, 5) is 0. The number of hydrogen-bond donors (Lipinski definition) is 1. The van der Waals surface area contributed by atoms with Gasteiger partial charge in [0.25, 0.3) is 0 Å². The van der Waals surface area contributed by atoms with Crippen LogP contribution < -0.4 is 5.73 Å². The highest BCUT2D eigenvalue weighted by molar-refractivity contribution is 9.10. The van der Waals surface area contributed by atoms with E-state index in [1.54, 1.807) is 0 Å². The number of benzene rings is 1. The third-order valence-electron chi connectivity index (χ3n) is 2.05. The molecule has 0 heterocycles. The largest absolute Gasteiger partial charge is 0.398 e. The van der Waals surface area contributed by atoms with Gasteiger partial charge < -0.3 is 5.73 Å². The van der Waals surface area contributed by atoms with Crippen LogP contribution in [-0.2, 0) is 20.0 Å². The monoisotopic (exact) mass is 267 g/mol. The van der Waals surface area contributed by atoms with Crippen molar-refractivity contribution < 1.29 is 13.2 Å². The van der Waals surface area contributed by atoms with Crippen molar-refractivity contribution in [3.8, 4) is 0 Å². The summed E-state index contributed by atoms with van der Waals surface area (Å²) in [6.07, 6.45) is 0. The molecule has 2 N–H and O–H groups in total. The first-order valence-electron chi connectivity index (χ1n) is 3.92. The van der Waals surface area contributed by atoms with E-state index in [0.717, 1.165) is 0 Å². The second-order valence-electron chi connectivity index (χ2n) is 2.79. The number of anilines is 1. The molecule has 78 valence electrons. The average Bonchev–Trinajstić information content (AvgIpc) is 2.20. The predicted octanol–water partition coefficient (Wildman–Crippen LogP) is 3.44. The minimum Gasteiger partial charge on any atom is -0.398 e. The van der Waals surface area contributed by atoms with Crippen LogP contribution in [0.5, 0.6) is 0 Å². The van der Waals surface area contributed by atoms with Gasteiger partial charge in [0.05, 0.1) is 5.69 Å². The lowest BCUT2D eigenvalue weighted by atomic mass is 10.0. The standard InChI is InChI=1S/C9H9BrF3N/c10-8-1-5(2-11)6(3-12)7(4-13)9(8)14/h1H,2-4,14H2. The zero-order valence-corrected chi connectivity index (χ0v) is 8.87. The van der Waals surface area contributed by atoms with Gasteiger partial charge in [-0.25, -0.2) is 13.2 Å². The van der Waals surface area contributed by atoms with E-state index in [1.165, 1.54) is 6.07 Å². The van der Waals surface area contributed by atoms with Gasteiger partial charge in [0, 0.05) is 10.0 Å². The molecule has 14 heavy (non-hydrogen) atoms. The third-order valence-corrected chi connectivity index (χ3v) is 2.70. The summed E-state index contributed by atoms with van der Waals surface area (Å²) in [5, 5.41) is 0. The maximum Gasteiger partial charge on any atom is 0.117 e. The Kier molecular flexibility index (Phi) is 3.80. The van der Waals surface area contributed by atoms with E-state index in [1.807, 2.05) is 0 Å². The van der Waals surface area contributed by atoms with Gasteiger partial charge in [-0.3, -0.25) is 0 Å². The molecule has 0 saturated heterocycles. The average molecular weight is 268 g/mol. The SMILES string of the molecule is Nc1c(Br)cc(CF)c(CF)c1CF. The molecule has 0 bridgehead atoms. The Bertz CT molecular complexity index is 341. The molecule has 0 aliphatic heterocycles. The van der Waals surface area contributed by atoms with Crippen molar-refractivity contribution in [2.24, 2.45) is 0 Å². The molecule has 0 unspecified atom stereocenters. The molecule has 0 saturated carbocycles. The van der Waals surface area contributed by atoms with Crippen LogP contribution in [0, 0.1) is 0 Å². The van der Waals surface area contributed by atoms with E-state index in [-0.39, 0.29) is 22.4 Å². The molecule has 1 aromatic carbocycles. The van der Waals surface area contributed by atoms with Crippen molar-refractivity contribution in [1.82, 2.24) is 0 Å². The Morgan fingerprint density at radius 3 is 2.07 bits per heavy atom. The lowest BCUT2D eigenvalue weighted by Gasteiger charge is -2.12. The summed E-state index contributed by atoms with van der Waals surface area (Å²) in [7, 11) is 0. The van der Waals surface area contributed by atoms with Crippen molar-refractivity contribution >= 4 is 21.6 Å². The fraction of sp³-hybridized carbons (Fsp3) is 0.333. The summed E-state index contributed by atoms with van der Waals surface area (Å²) in [6.45, 7) is -2.63. The fourth-order valence-corrected chi connectivity index (χ4v) is 1.77. The van der Waals surface area contributed by atoms with Crippen molar-refractivity contribution in [2.45, 2.75) is 20.0 Å². The molecular formula is C9H9BrF3N. The van der Waals surface area contributed by atoms with Crippen molar-refractivity contribution in [1.29, 1.82) is 0 Å². The highest BCUT2D eigenvalue weighted by atomic mass is 79.9. The minimum atomic E-state index is -0.907. The van der Waals surface area contributed by atoms with Crippen molar-refractivity contribution in [3.63, 3.8) is 0 Å². The first-order chi connectivity index (χ1) is 6.65. The number of halogens is 4. The maximum atomic E-state index is 12.5. The van der Waals surface area contributed by atoms with Crippen LogP contribution in [-0.4, -0.2) is 0 Å². The molecule has 0 aromatic heterocycles. The number of nitrogen functional groups attached to an aromatic ring is 1. The normalized spacial score (nSPS) is 10.6. The van der Waals surface area contributed by atoms with E-state index in [4.69, 9.17) is 5.73 Å². The van der Waals surface area contributed by atoms with Gasteiger partial charge >= 0.3 is 0 Å². The van der Waals surface area contributed by atoms with Crippen LogP contribution in [0.25, 0.3) is 0 Å². The van der Waals surface area contributed by atoms with Crippen LogP contribution >= 0.6 is 15.9 Å². The Hall–Kier alpha value is -0.710. The van der Waals surface area contributed by atoms with Gasteiger partial charge in [-0.2, -0.15) is 0 Å². The lowest BCUT2D eigenvalue weighted by molar-refractivity contribution is 0.437. The molecule has 1 nitrogen and oxygen atoms in total. The number of hydrogen-bond acceptors (Lipinski definition) is 1. The Labute approximate surface area is 88.2 Å². The highest BCUT2D eigenvalue weighted by Gasteiger charge is 2.14. The van der Waals surface area contributed by atoms with E-state index in [2.05, 4.69) is 15.9 Å². The molecule has 5 heteroatoms. The maximum absolute atomic E-state index is 12.5. The van der Waals surface area contributed by atoms with Crippen molar-refractivity contribution in [2.75, 3.05) is 5.73 Å². The van der Waals surface area contributed by atoms with Gasteiger partial charge in [-0.05, 0) is 33.1 Å². The smallest absolute Gasteiger partial charge is 0.117 e. The summed E-state index contributed by atoms with van der Waals surface area (Å²) >= 11 is 3.06. The first kappa shape index (κ1) is 11.4. The highest BCUT2D eigenvalue weighted by Crippen LogP contribution is 2.31. The molecule has 0 atom stereocenters. The molecule has 1 rings (SSSR count). The van der Waals surface area contributed by atoms with E-state index >= 15 is 0 Å². The molecule has 0 aliphatic rings. The van der Waals surface area contributed by atoms with Gasteiger partial charge in [0.2, 0.25) is 0 Å². The quantitative estimate of drug-likeness (QED) is 0.835. The summed E-state index contributed by atoms with van der Waals surface area (Å²) in [6, 6.07) is 1.38. The second kappa shape index (κ2) is 4.68. The molecule has 0 fully saturated rings. The summed E-state index contributed by atoms with van der Waals surface area (Å²) in [5.41, 5.74) is 5.85. The molecule has 1 aromatic rings. The molecule has 0 spiro atoms. The van der Waals surface area contributed by atoms with Crippen LogP contribution in [0.2, 0.25) is 0 Å². The lowest BCUT2D eigenvalue weighted by Crippen LogP contribution is -2.02. The molecule has 0 radical (unpaired) electrons. The van der Waals surface area contributed by atoms with Gasteiger partial charge in [-0.1, -0.05) is 0 Å². The Morgan fingerprint density at radius 2 is 1.64 bits per heavy atom.